The maximum absolute atomic E-state index is 11.8. The number of nitrogens with two attached hydrogens (primary N) is 1. The van der Waals surface area contributed by atoms with Crippen LogP contribution in [0.3, 0.4) is 0 Å². The molecule has 0 radical (unpaired) electrons. The summed E-state index contributed by atoms with van der Waals surface area (Å²) in [4.78, 5) is 11.8. The largest absolute Gasteiger partial charge is 0.398 e. The molecule has 20 heavy (non-hydrogen) atoms. The van der Waals surface area contributed by atoms with Crippen molar-refractivity contribution < 1.29 is 4.79 Å². The van der Waals surface area contributed by atoms with Gasteiger partial charge in [-0.1, -0.05) is 6.07 Å². The second-order valence-corrected chi connectivity index (χ2v) is 7.56. The van der Waals surface area contributed by atoms with Crippen LogP contribution in [0.15, 0.2) is 18.2 Å². The van der Waals surface area contributed by atoms with Crippen molar-refractivity contribution in [1.82, 2.24) is 0 Å². The molecule has 0 spiro atoms. The lowest BCUT2D eigenvalue weighted by Gasteiger charge is -2.57. The summed E-state index contributed by atoms with van der Waals surface area (Å²) in [5.74, 6) is 2.88. The maximum Gasteiger partial charge on any atom is 0.161 e. The number of nitrogen functional groups attached to an aromatic ring is 1. The third-order valence-electron chi connectivity index (χ3n) is 6.08. The lowest BCUT2D eigenvalue weighted by Crippen LogP contribution is -2.48. The lowest BCUT2D eigenvalue weighted by molar-refractivity contribution is -0.00519. The monoisotopic (exact) mass is 269 g/mol. The highest BCUT2D eigenvalue weighted by molar-refractivity contribution is 5.99. The van der Waals surface area contributed by atoms with Crippen LogP contribution in [-0.4, -0.2) is 5.78 Å². The molecule has 0 amide bonds. The van der Waals surface area contributed by atoms with E-state index in [-0.39, 0.29) is 5.78 Å². The Kier molecular flexibility index (Phi) is 2.55. The lowest BCUT2D eigenvalue weighted by atomic mass is 9.48. The van der Waals surface area contributed by atoms with Crippen molar-refractivity contribution >= 4 is 11.5 Å². The molecule has 0 aromatic heterocycles. The van der Waals surface area contributed by atoms with Gasteiger partial charge in [-0.25, -0.2) is 0 Å². The average Bonchev–Trinajstić information content (AvgIpc) is 2.37. The number of anilines is 1. The van der Waals surface area contributed by atoms with Gasteiger partial charge >= 0.3 is 0 Å². The molecule has 0 aliphatic heterocycles. The molecule has 0 atom stereocenters. The zero-order chi connectivity index (χ0) is 13.9. The Morgan fingerprint density at radius 2 is 1.65 bits per heavy atom. The van der Waals surface area contributed by atoms with Crippen molar-refractivity contribution in [3.8, 4) is 0 Å². The first-order chi connectivity index (χ1) is 9.56. The third-order valence-corrected chi connectivity index (χ3v) is 6.08. The number of carbonyl (C=O) groups excluding carboxylic acids is 1. The van der Waals surface area contributed by atoms with Crippen molar-refractivity contribution in [1.29, 1.82) is 0 Å². The van der Waals surface area contributed by atoms with E-state index in [1.807, 2.05) is 6.07 Å². The average molecular weight is 269 g/mol. The van der Waals surface area contributed by atoms with Gasteiger partial charge in [0, 0.05) is 11.3 Å². The number of hydrogen-bond acceptors (Lipinski definition) is 2. The predicted molar refractivity (Wildman–Crippen MR) is 80.7 cm³/mol. The minimum atomic E-state index is 0.0917. The van der Waals surface area contributed by atoms with E-state index < -0.39 is 0 Å². The first kappa shape index (κ1) is 12.4. The fourth-order valence-corrected chi connectivity index (χ4v) is 5.66. The van der Waals surface area contributed by atoms with Crippen LogP contribution in [0.1, 0.15) is 61.4 Å². The van der Waals surface area contributed by atoms with E-state index in [0.717, 1.165) is 23.3 Å². The summed E-state index contributed by atoms with van der Waals surface area (Å²) in [6, 6.07) is 6.24. The minimum Gasteiger partial charge on any atom is -0.398 e. The molecule has 0 heterocycles. The van der Waals surface area contributed by atoms with Gasteiger partial charge in [0.2, 0.25) is 0 Å². The molecule has 1 aromatic rings. The van der Waals surface area contributed by atoms with E-state index in [1.54, 1.807) is 6.92 Å². The molecule has 4 bridgehead atoms. The van der Waals surface area contributed by atoms with Crippen molar-refractivity contribution in [2.45, 2.75) is 50.9 Å². The first-order valence-corrected chi connectivity index (χ1v) is 7.97. The van der Waals surface area contributed by atoms with Crippen molar-refractivity contribution in [2.75, 3.05) is 5.73 Å². The van der Waals surface area contributed by atoms with Gasteiger partial charge in [0.1, 0.15) is 0 Å². The van der Waals surface area contributed by atoms with Gasteiger partial charge in [-0.2, -0.15) is 0 Å². The topological polar surface area (TPSA) is 43.1 Å². The second kappa shape index (κ2) is 4.09. The van der Waals surface area contributed by atoms with Crippen LogP contribution in [0.25, 0.3) is 0 Å². The Morgan fingerprint density at radius 3 is 2.15 bits per heavy atom. The number of hydrogen-bond donors (Lipinski definition) is 1. The number of rotatable bonds is 2. The molecule has 4 aliphatic carbocycles. The molecular formula is C18H23NO. The third kappa shape index (κ3) is 1.73. The van der Waals surface area contributed by atoms with E-state index >= 15 is 0 Å². The smallest absolute Gasteiger partial charge is 0.161 e. The normalized spacial score (nSPS) is 38.1. The maximum atomic E-state index is 11.8. The van der Waals surface area contributed by atoms with Crippen LogP contribution in [-0.2, 0) is 5.41 Å². The van der Waals surface area contributed by atoms with Gasteiger partial charge in [0.25, 0.3) is 0 Å². The summed E-state index contributed by atoms with van der Waals surface area (Å²) in [6.07, 6.45) is 8.36. The Balaban J connectivity index is 1.77. The molecular weight excluding hydrogens is 246 g/mol. The van der Waals surface area contributed by atoms with Crippen LogP contribution in [0.4, 0.5) is 5.69 Å². The zero-order valence-electron chi connectivity index (χ0n) is 12.2. The summed E-state index contributed by atoms with van der Waals surface area (Å²) in [5.41, 5.74) is 9.05. The Labute approximate surface area is 120 Å². The summed E-state index contributed by atoms with van der Waals surface area (Å²) >= 11 is 0. The molecule has 0 unspecified atom stereocenters. The summed E-state index contributed by atoms with van der Waals surface area (Å²) in [7, 11) is 0. The number of Topliss-reactive ketones (excluding diaryl/α,β-unsaturated/α-hetero) is 1. The summed E-state index contributed by atoms with van der Waals surface area (Å²) in [5, 5.41) is 0. The van der Waals surface area contributed by atoms with Crippen LogP contribution in [0.2, 0.25) is 0 Å². The highest BCUT2D eigenvalue weighted by Crippen LogP contribution is 2.60. The standard InChI is InChI=1S/C18H23NO/c1-11(20)16-7-15(2-3-17(16)19)18-8-12-4-13(9-18)6-14(5-12)10-18/h2-3,7,12-14H,4-6,8-10,19H2,1H3. The highest BCUT2D eigenvalue weighted by atomic mass is 16.1. The fraction of sp³-hybridized carbons (Fsp3) is 0.611. The summed E-state index contributed by atoms with van der Waals surface area (Å²) < 4.78 is 0. The number of carbonyl (C=O) groups is 1. The predicted octanol–water partition coefficient (Wildman–Crippen LogP) is 3.94. The molecule has 4 saturated carbocycles. The SMILES string of the molecule is CC(=O)c1cc(C23CC4CC(CC(C4)C2)C3)ccc1N. The van der Waals surface area contributed by atoms with Gasteiger partial charge in [0.15, 0.2) is 5.78 Å². The Bertz CT molecular complexity index is 539. The van der Waals surface area contributed by atoms with Crippen molar-refractivity contribution in [2.24, 2.45) is 17.8 Å². The Hall–Kier alpha value is -1.31. The first-order valence-electron chi connectivity index (χ1n) is 7.97. The van der Waals surface area contributed by atoms with Gasteiger partial charge in [-0.3, -0.25) is 4.79 Å². The molecule has 0 saturated heterocycles. The highest BCUT2D eigenvalue weighted by Gasteiger charge is 2.51. The molecule has 2 heteroatoms. The van der Waals surface area contributed by atoms with Gasteiger partial charge in [-0.05, 0) is 86.3 Å². The van der Waals surface area contributed by atoms with E-state index in [1.165, 1.54) is 44.1 Å². The van der Waals surface area contributed by atoms with E-state index in [0.29, 0.717) is 11.1 Å². The van der Waals surface area contributed by atoms with Crippen molar-refractivity contribution in [3.63, 3.8) is 0 Å². The molecule has 4 aliphatic rings. The van der Waals surface area contributed by atoms with Gasteiger partial charge < -0.3 is 5.73 Å². The van der Waals surface area contributed by atoms with Crippen LogP contribution >= 0.6 is 0 Å². The van der Waals surface area contributed by atoms with E-state index in [2.05, 4.69) is 12.1 Å². The zero-order valence-corrected chi connectivity index (χ0v) is 12.2. The second-order valence-electron chi connectivity index (χ2n) is 7.56. The molecule has 106 valence electrons. The fourth-order valence-electron chi connectivity index (χ4n) is 5.66. The number of benzene rings is 1. The van der Waals surface area contributed by atoms with Gasteiger partial charge in [-0.15, -0.1) is 0 Å². The van der Waals surface area contributed by atoms with E-state index in [4.69, 9.17) is 5.73 Å². The minimum absolute atomic E-state index is 0.0917. The molecule has 2 nitrogen and oxygen atoms in total. The van der Waals surface area contributed by atoms with E-state index in [9.17, 15) is 4.79 Å². The molecule has 2 N–H and O–H groups in total. The Morgan fingerprint density at radius 1 is 1.10 bits per heavy atom. The van der Waals surface area contributed by atoms with Crippen LogP contribution < -0.4 is 5.73 Å². The number of ketones is 1. The molecule has 5 rings (SSSR count). The van der Waals surface area contributed by atoms with Crippen molar-refractivity contribution in [3.05, 3.63) is 29.3 Å². The van der Waals surface area contributed by atoms with Crippen LogP contribution in [0.5, 0.6) is 0 Å². The molecule has 1 aromatic carbocycles. The van der Waals surface area contributed by atoms with Gasteiger partial charge in [0.05, 0.1) is 0 Å². The van der Waals surface area contributed by atoms with Crippen LogP contribution in [0, 0.1) is 17.8 Å². The summed E-state index contributed by atoms with van der Waals surface area (Å²) in [6.45, 7) is 1.62. The quantitative estimate of drug-likeness (QED) is 0.652. The molecule has 4 fully saturated rings.